The highest BCUT2D eigenvalue weighted by molar-refractivity contribution is 6.26. The fourth-order valence-electron chi connectivity index (χ4n) is 8.80. The van der Waals surface area contributed by atoms with Crippen LogP contribution in [0.2, 0.25) is 0 Å². The molecule has 1 nitrogen and oxygen atoms in total. The number of aryl methyl sites for hydroxylation is 4. The summed E-state index contributed by atoms with van der Waals surface area (Å²) in [4.78, 5) is 0. The molecule has 0 N–H and O–H groups in total. The number of hydrogen-bond donors (Lipinski definition) is 0. The summed E-state index contributed by atoms with van der Waals surface area (Å²) < 4.78 is 6.32. The van der Waals surface area contributed by atoms with E-state index in [-0.39, 0.29) is 0 Å². The molecule has 1 heteroatoms. The first-order valence-corrected chi connectivity index (χ1v) is 18.1. The van der Waals surface area contributed by atoms with Gasteiger partial charge in [0.15, 0.2) is 0 Å². The second-order valence-corrected chi connectivity index (χ2v) is 14.7. The van der Waals surface area contributed by atoms with Crippen molar-refractivity contribution in [1.82, 2.24) is 0 Å². The van der Waals surface area contributed by atoms with Crippen LogP contribution in [0.25, 0.3) is 87.6 Å². The first-order valence-electron chi connectivity index (χ1n) is 18.1. The summed E-state index contributed by atoms with van der Waals surface area (Å²) in [6.07, 6.45) is 0. The van der Waals surface area contributed by atoms with Crippen molar-refractivity contribution >= 4 is 54.3 Å². The topological polar surface area (TPSA) is 13.1 Å². The number of rotatable bonds is 3. The Balaban J connectivity index is 1.45. The van der Waals surface area contributed by atoms with Crippen LogP contribution in [0.4, 0.5) is 0 Å². The van der Waals surface area contributed by atoms with Crippen LogP contribution >= 0.6 is 0 Å². The van der Waals surface area contributed by atoms with Crippen LogP contribution in [0.3, 0.4) is 0 Å². The van der Waals surface area contributed by atoms with Crippen molar-refractivity contribution in [2.75, 3.05) is 0 Å². The third-order valence-electron chi connectivity index (χ3n) is 12.3. The lowest BCUT2D eigenvalue weighted by atomic mass is 9.76. The van der Waals surface area contributed by atoms with E-state index >= 15 is 0 Å². The highest BCUT2D eigenvalue weighted by Gasteiger charge is 2.26. The van der Waals surface area contributed by atoms with Gasteiger partial charge < -0.3 is 4.42 Å². The van der Waals surface area contributed by atoms with Gasteiger partial charge in [0.25, 0.3) is 0 Å². The molecule has 1 heterocycles. The average Bonchev–Trinajstić information content (AvgIpc) is 3.54. The summed E-state index contributed by atoms with van der Waals surface area (Å²) in [5, 5.41) is 10.3. The quantitative estimate of drug-likeness (QED) is 0.172. The predicted molar refractivity (Wildman–Crippen MR) is 220 cm³/mol. The van der Waals surface area contributed by atoms with Crippen LogP contribution in [-0.2, 0) is 0 Å². The van der Waals surface area contributed by atoms with Gasteiger partial charge in [-0.05, 0) is 196 Å². The first kappa shape index (κ1) is 31.3. The maximum atomic E-state index is 6.32. The van der Waals surface area contributed by atoms with Crippen molar-refractivity contribution in [3.63, 3.8) is 0 Å². The Morgan fingerprint density at radius 2 is 0.745 bits per heavy atom. The molecule has 0 amide bonds. The molecular weight excluding hydrogens is 617 g/mol. The minimum absolute atomic E-state index is 0.927. The molecule has 0 saturated heterocycles. The highest BCUT2D eigenvalue weighted by Crippen LogP contribution is 2.51. The maximum absolute atomic E-state index is 6.32. The second kappa shape index (κ2) is 11.4. The van der Waals surface area contributed by atoms with Gasteiger partial charge in [0.1, 0.15) is 11.2 Å². The lowest BCUT2D eigenvalue weighted by molar-refractivity contribution is 0.669. The van der Waals surface area contributed by atoms with Gasteiger partial charge in [-0.15, -0.1) is 0 Å². The summed E-state index contributed by atoms with van der Waals surface area (Å²) in [5.74, 6) is 0. The monoisotopic (exact) mass is 658 g/mol. The number of fused-ring (bicyclic) bond motifs is 6. The van der Waals surface area contributed by atoms with E-state index in [0.717, 1.165) is 21.9 Å². The van der Waals surface area contributed by atoms with Crippen LogP contribution in [0.5, 0.6) is 0 Å². The van der Waals surface area contributed by atoms with E-state index in [4.69, 9.17) is 4.42 Å². The van der Waals surface area contributed by atoms with Crippen molar-refractivity contribution in [2.45, 2.75) is 55.4 Å². The summed E-state index contributed by atoms with van der Waals surface area (Å²) in [6, 6.07) is 39.9. The molecule has 0 saturated carbocycles. The van der Waals surface area contributed by atoms with E-state index in [2.05, 4.69) is 165 Å². The van der Waals surface area contributed by atoms with Crippen LogP contribution in [0.1, 0.15) is 44.5 Å². The van der Waals surface area contributed by atoms with Gasteiger partial charge in [-0.1, -0.05) is 78.9 Å². The standard InChI is InChI=1S/C50H42O/c1-27-29(3)33(7)47-45(31(27)5)49(39-21-20-37-24-36(18-19-38(37)25-39)35-14-10-9-11-15-35)46-32(6)28(2)30(4)34(8)48(46)50(47)40-22-23-44-42(26-40)41-16-12-13-17-43(41)51-44/h9-26H,1-8H3. The third-order valence-corrected chi connectivity index (χ3v) is 12.3. The maximum Gasteiger partial charge on any atom is 0.135 e. The molecule has 9 rings (SSSR count). The summed E-state index contributed by atoms with van der Waals surface area (Å²) in [5.41, 5.74) is 20.4. The van der Waals surface area contributed by atoms with Crippen molar-refractivity contribution in [2.24, 2.45) is 0 Å². The SMILES string of the molecule is Cc1c(C)c(C)c2c(-c3ccc4oc5ccccc5c4c3)c3c(C)c(C)c(C)c(C)c3c(-c3ccc4cc(-c5ccccc5)ccc4c3)c2c1C. The van der Waals surface area contributed by atoms with E-state index in [1.807, 2.05) is 0 Å². The highest BCUT2D eigenvalue weighted by atomic mass is 16.3. The lowest BCUT2D eigenvalue weighted by Gasteiger charge is -2.27. The normalized spacial score (nSPS) is 11.9. The zero-order valence-corrected chi connectivity index (χ0v) is 30.8. The minimum atomic E-state index is 0.927. The Kier molecular flexibility index (Phi) is 7.03. The zero-order chi connectivity index (χ0) is 35.3. The van der Waals surface area contributed by atoms with Crippen LogP contribution in [-0.4, -0.2) is 0 Å². The zero-order valence-electron chi connectivity index (χ0n) is 30.8. The molecule has 0 aliphatic rings. The Labute approximate surface area is 300 Å². The molecule has 0 radical (unpaired) electrons. The molecule has 0 atom stereocenters. The average molecular weight is 659 g/mol. The molecule has 0 aliphatic carbocycles. The largest absolute Gasteiger partial charge is 0.456 e. The molecule has 0 aliphatic heterocycles. The van der Waals surface area contributed by atoms with E-state index < -0.39 is 0 Å². The van der Waals surface area contributed by atoms with Crippen LogP contribution in [0, 0.1) is 55.4 Å². The molecule has 0 spiro atoms. The smallest absolute Gasteiger partial charge is 0.135 e. The predicted octanol–water partition coefficient (Wildman–Crippen LogP) is 14.5. The van der Waals surface area contributed by atoms with E-state index in [9.17, 15) is 0 Å². The van der Waals surface area contributed by atoms with Gasteiger partial charge >= 0.3 is 0 Å². The van der Waals surface area contributed by atoms with Gasteiger partial charge in [0.05, 0.1) is 0 Å². The molecule has 0 bridgehead atoms. The summed E-state index contributed by atoms with van der Waals surface area (Å²) >= 11 is 0. The van der Waals surface area contributed by atoms with Crippen LogP contribution < -0.4 is 0 Å². The molecule has 0 fully saturated rings. The van der Waals surface area contributed by atoms with Gasteiger partial charge in [0.2, 0.25) is 0 Å². The molecule has 0 unspecified atom stereocenters. The van der Waals surface area contributed by atoms with E-state index in [0.29, 0.717) is 0 Å². The van der Waals surface area contributed by atoms with Crippen molar-refractivity contribution < 1.29 is 4.42 Å². The fraction of sp³-hybridized carbons (Fsp3) is 0.160. The Hall–Kier alpha value is -5.66. The third kappa shape index (κ3) is 4.54. The number of furan rings is 1. The fourth-order valence-corrected chi connectivity index (χ4v) is 8.80. The Morgan fingerprint density at radius 1 is 0.314 bits per heavy atom. The number of benzene rings is 8. The molecule has 8 aromatic carbocycles. The molecule has 9 aromatic rings. The van der Waals surface area contributed by atoms with Gasteiger partial charge in [-0.3, -0.25) is 0 Å². The number of para-hydroxylation sites is 1. The van der Waals surface area contributed by atoms with Crippen molar-refractivity contribution in [3.8, 4) is 33.4 Å². The summed E-state index contributed by atoms with van der Waals surface area (Å²) in [6.45, 7) is 18.6. The second-order valence-electron chi connectivity index (χ2n) is 14.7. The van der Waals surface area contributed by atoms with E-state index in [1.54, 1.807) is 0 Å². The lowest BCUT2D eigenvalue weighted by Crippen LogP contribution is -2.03. The Bertz CT molecular complexity index is 2840. The van der Waals surface area contributed by atoms with Crippen molar-refractivity contribution in [3.05, 3.63) is 154 Å². The van der Waals surface area contributed by atoms with Crippen LogP contribution in [0.15, 0.2) is 114 Å². The Morgan fingerprint density at radius 3 is 1.31 bits per heavy atom. The van der Waals surface area contributed by atoms with Gasteiger partial charge in [-0.2, -0.15) is 0 Å². The van der Waals surface area contributed by atoms with Gasteiger partial charge in [0, 0.05) is 10.8 Å². The van der Waals surface area contributed by atoms with E-state index in [1.165, 1.54) is 110 Å². The van der Waals surface area contributed by atoms with Crippen molar-refractivity contribution in [1.29, 1.82) is 0 Å². The first-order chi connectivity index (χ1) is 24.6. The molecule has 248 valence electrons. The molecule has 51 heavy (non-hydrogen) atoms. The minimum Gasteiger partial charge on any atom is -0.456 e. The van der Waals surface area contributed by atoms with Gasteiger partial charge in [-0.25, -0.2) is 0 Å². The molecular formula is C50H42O. The molecule has 1 aromatic heterocycles. The number of hydrogen-bond acceptors (Lipinski definition) is 1. The summed E-state index contributed by atoms with van der Waals surface area (Å²) in [7, 11) is 0.